The first-order chi connectivity index (χ1) is 10.9. The van der Waals surface area contributed by atoms with Crippen LogP contribution in [0.15, 0.2) is 18.2 Å². The van der Waals surface area contributed by atoms with Crippen molar-refractivity contribution in [2.45, 2.75) is 20.3 Å². The van der Waals surface area contributed by atoms with Crippen LogP contribution in [0.5, 0.6) is 5.75 Å². The lowest BCUT2D eigenvalue weighted by Crippen LogP contribution is -2.51. The Labute approximate surface area is 136 Å². The van der Waals surface area contributed by atoms with Gasteiger partial charge < -0.3 is 14.5 Å². The van der Waals surface area contributed by atoms with Crippen molar-refractivity contribution in [2.75, 3.05) is 33.3 Å². The molecule has 2 amide bonds. The second kappa shape index (κ2) is 7.44. The molecule has 0 bridgehead atoms. The van der Waals surface area contributed by atoms with Gasteiger partial charge in [0.1, 0.15) is 11.6 Å². The van der Waals surface area contributed by atoms with Gasteiger partial charge in [0.05, 0.1) is 13.5 Å². The summed E-state index contributed by atoms with van der Waals surface area (Å²) in [7, 11) is 1.50. The van der Waals surface area contributed by atoms with E-state index >= 15 is 0 Å². The highest BCUT2D eigenvalue weighted by Crippen LogP contribution is 2.21. The molecule has 1 aliphatic rings. The Bertz CT molecular complexity index is 581. The number of methoxy groups -OCH3 is 1. The van der Waals surface area contributed by atoms with Crippen LogP contribution in [-0.2, 0) is 16.0 Å². The van der Waals surface area contributed by atoms with E-state index in [2.05, 4.69) is 0 Å². The van der Waals surface area contributed by atoms with Crippen LogP contribution in [-0.4, -0.2) is 54.9 Å². The van der Waals surface area contributed by atoms with Crippen LogP contribution < -0.4 is 4.74 Å². The van der Waals surface area contributed by atoms with E-state index < -0.39 is 0 Å². The number of hydrogen-bond acceptors (Lipinski definition) is 3. The summed E-state index contributed by atoms with van der Waals surface area (Å²) in [6.07, 6.45) is 0.0963. The third-order valence-electron chi connectivity index (χ3n) is 4.02. The number of rotatable bonds is 4. The van der Waals surface area contributed by atoms with Crippen LogP contribution in [0.3, 0.4) is 0 Å². The summed E-state index contributed by atoms with van der Waals surface area (Å²) in [4.78, 5) is 27.9. The molecular weight excluding hydrogens is 299 g/mol. The van der Waals surface area contributed by atoms with Crippen LogP contribution in [0.2, 0.25) is 0 Å². The van der Waals surface area contributed by atoms with E-state index in [0.717, 1.165) is 0 Å². The summed E-state index contributed by atoms with van der Waals surface area (Å²) in [6, 6.07) is 4.16. The van der Waals surface area contributed by atoms with E-state index in [1.807, 2.05) is 13.8 Å². The Balaban J connectivity index is 1.96. The molecule has 1 aromatic rings. The van der Waals surface area contributed by atoms with E-state index in [-0.39, 0.29) is 30.0 Å². The van der Waals surface area contributed by atoms with Crippen LogP contribution in [0.25, 0.3) is 0 Å². The average molecular weight is 322 g/mol. The van der Waals surface area contributed by atoms with Gasteiger partial charge in [0.15, 0.2) is 0 Å². The Morgan fingerprint density at radius 3 is 2.35 bits per heavy atom. The van der Waals surface area contributed by atoms with Crippen molar-refractivity contribution in [1.82, 2.24) is 9.80 Å². The maximum atomic E-state index is 13.4. The molecule has 1 saturated heterocycles. The predicted octanol–water partition coefficient (Wildman–Crippen LogP) is 1.70. The molecule has 0 unspecified atom stereocenters. The fraction of sp³-hybridized carbons (Fsp3) is 0.529. The Morgan fingerprint density at radius 2 is 1.78 bits per heavy atom. The third kappa shape index (κ3) is 4.21. The lowest BCUT2D eigenvalue weighted by atomic mass is 10.1. The Kier molecular flexibility index (Phi) is 5.58. The summed E-state index contributed by atoms with van der Waals surface area (Å²) in [5.74, 6) is 0.123. The molecule has 1 heterocycles. The largest absolute Gasteiger partial charge is 0.496 e. The van der Waals surface area contributed by atoms with E-state index in [1.54, 1.807) is 9.80 Å². The zero-order chi connectivity index (χ0) is 17.0. The number of nitrogens with zero attached hydrogens (tertiary/aromatic N) is 2. The Hall–Kier alpha value is -2.11. The number of carbonyl (C=O) groups excluding carboxylic acids is 2. The molecule has 0 spiro atoms. The SMILES string of the molecule is COc1ccc(F)cc1CC(=O)N1CCN(C(=O)C(C)C)CC1. The number of carbonyl (C=O) groups is 2. The van der Waals surface area contributed by atoms with Crippen LogP contribution >= 0.6 is 0 Å². The minimum atomic E-state index is -0.388. The van der Waals surface area contributed by atoms with Crippen molar-refractivity contribution in [1.29, 1.82) is 0 Å². The maximum absolute atomic E-state index is 13.4. The van der Waals surface area contributed by atoms with Gasteiger partial charge in [0.25, 0.3) is 0 Å². The molecule has 23 heavy (non-hydrogen) atoms. The van der Waals surface area contributed by atoms with Crippen molar-refractivity contribution in [2.24, 2.45) is 5.92 Å². The maximum Gasteiger partial charge on any atom is 0.227 e. The van der Waals surface area contributed by atoms with Crippen LogP contribution in [0.4, 0.5) is 4.39 Å². The van der Waals surface area contributed by atoms with Gasteiger partial charge in [-0.3, -0.25) is 9.59 Å². The lowest BCUT2D eigenvalue weighted by Gasteiger charge is -2.35. The fourth-order valence-corrected chi connectivity index (χ4v) is 2.70. The lowest BCUT2D eigenvalue weighted by molar-refractivity contribution is -0.141. The van der Waals surface area contributed by atoms with Crippen molar-refractivity contribution in [3.05, 3.63) is 29.6 Å². The molecule has 0 saturated carbocycles. The van der Waals surface area contributed by atoms with Gasteiger partial charge in [0.2, 0.25) is 11.8 Å². The molecule has 1 aliphatic heterocycles. The van der Waals surface area contributed by atoms with Gasteiger partial charge in [-0.25, -0.2) is 4.39 Å². The van der Waals surface area contributed by atoms with Gasteiger partial charge in [0, 0.05) is 37.7 Å². The first-order valence-electron chi connectivity index (χ1n) is 7.81. The smallest absolute Gasteiger partial charge is 0.227 e. The topological polar surface area (TPSA) is 49.9 Å². The number of amides is 2. The molecular formula is C17H23FN2O3. The van der Waals surface area contributed by atoms with Gasteiger partial charge in [-0.2, -0.15) is 0 Å². The van der Waals surface area contributed by atoms with Gasteiger partial charge in [-0.05, 0) is 18.2 Å². The molecule has 1 aromatic carbocycles. The quantitative estimate of drug-likeness (QED) is 0.848. The van der Waals surface area contributed by atoms with E-state index in [4.69, 9.17) is 4.74 Å². The van der Waals surface area contributed by atoms with E-state index in [9.17, 15) is 14.0 Å². The third-order valence-corrected chi connectivity index (χ3v) is 4.02. The van der Waals surface area contributed by atoms with E-state index in [0.29, 0.717) is 37.5 Å². The van der Waals surface area contributed by atoms with Crippen LogP contribution in [0, 0.1) is 11.7 Å². The van der Waals surface area contributed by atoms with Gasteiger partial charge >= 0.3 is 0 Å². The van der Waals surface area contributed by atoms with Crippen molar-refractivity contribution < 1.29 is 18.7 Å². The molecule has 0 N–H and O–H groups in total. The number of hydrogen-bond donors (Lipinski definition) is 0. The average Bonchev–Trinajstić information content (AvgIpc) is 2.54. The molecule has 5 nitrogen and oxygen atoms in total. The fourth-order valence-electron chi connectivity index (χ4n) is 2.70. The number of benzene rings is 1. The summed E-state index contributed by atoms with van der Waals surface area (Å²) < 4.78 is 18.5. The van der Waals surface area contributed by atoms with Crippen molar-refractivity contribution in [3.8, 4) is 5.75 Å². The minimum Gasteiger partial charge on any atom is -0.496 e. The second-order valence-electron chi connectivity index (χ2n) is 5.99. The first kappa shape index (κ1) is 17.2. The normalized spacial score (nSPS) is 15.0. The molecule has 0 radical (unpaired) electrons. The van der Waals surface area contributed by atoms with Crippen molar-refractivity contribution in [3.63, 3.8) is 0 Å². The number of halogens is 1. The van der Waals surface area contributed by atoms with Crippen LogP contribution in [0.1, 0.15) is 19.4 Å². The highest BCUT2D eigenvalue weighted by molar-refractivity contribution is 5.81. The zero-order valence-electron chi connectivity index (χ0n) is 13.8. The summed E-state index contributed by atoms with van der Waals surface area (Å²) in [6.45, 7) is 5.85. The molecule has 2 rings (SSSR count). The molecule has 0 atom stereocenters. The number of piperazine rings is 1. The second-order valence-corrected chi connectivity index (χ2v) is 5.99. The molecule has 0 aliphatic carbocycles. The highest BCUT2D eigenvalue weighted by atomic mass is 19.1. The summed E-state index contributed by atoms with van der Waals surface area (Å²) in [5, 5.41) is 0. The van der Waals surface area contributed by atoms with Gasteiger partial charge in [-0.15, -0.1) is 0 Å². The number of ether oxygens (including phenoxy) is 1. The summed E-state index contributed by atoms with van der Waals surface area (Å²) >= 11 is 0. The molecule has 1 fully saturated rings. The van der Waals surface area contributed by atoms with Gasteiger partial charge in [-0.1, -0.05) is 13.8 Å². The Morgan fingerprint density at radius 1 is 1.17 bits per heavy atom. The molecule has 6 heteroatoms. The predicted molar refractivity (Wildman–Crippen MR) is 84.7 cm³/mol. The summed E-state index contributed by atoms with van der Waals surface area (Å²) in [5.41, 5.74) is 0.540. The van der Waals surface area contributed by atoms with E-state index in [1.165, 1.54) is 25.3 Å². The zero-order valence-corrected chi connectivity index (χ0v) is 13.8. The highest BCUT2D eigenvalue weighted by Gasteiger charge is 2.25. The minimum absolute atomic E-state index is 0.0335. The molecule has 126 valence electrons. The van der Waals surface area contributed by atoms with Crippen molar-refractivity contribution >= 4 is 11.8 Å². The monoisotopic (exact) mass is 322 g/mol. The first-order valence-corrected chi connectivity index (χ1v) is 7.81. The molecule has 0 aromatic heterocycles. The standard InChI is InChI=1S/C17H23FN2O3/c1-12(2)17(22)20-8-6-19(7-9-20)16(21)11-13-10-14(18)4-5-15(13)23-3/h4-5,10,12H,6-9,11H2,1-3H3.